The lowest BCUT2D eigenvalue weighted by Gasteiger charge is -2.38. The zero-order chi connectivity index (χ0) is 12.5. The first kappa shape index (κ1) is 12.8. The van der Waals surface area contributed by atoms with Gasteiger partial charge in [-0.05, 0) is 55.9 Å². The molecule has 3 heterocycles. The van der Waals surface area contributed by atoms with E-state index < -0.39 is 0 Å². The predicted molar refractivity (Wildman–Crippen MR) is 73.6 cm³/mol. The van der Waals surface area contributed by atoms with Gasteiger partial charge in [0.25, 0.3) is 0 Å². The van der Waals surface area contributed by atoms with Gasteiger partial charge in [-0.1, -0.05) is 0 Å². The van der Waals surface area contributed by atoms with Gasteiger partial charge in [0.05, 0.1) is 6.10 Å². The molecule has 3 saturated heterocycles. The normalized spacial score (nSPS) is 36.9. The summed E-state index contributed by atoms with van der Waals surface area (Å²) in [4.78, 5) is 14.6. The van der Waals surface area contributed by atoms with E-state index in [4.69, 9.17) is 0 Å². The number of carbonyl (C=O) groups excluding carboxylic acids is 1. The number of aliphatic hydroxyl groups excluding tert-OH is 1. The van der Waals surface area contributed by atoms with Crippen LogP contribution in [0, 0.1) is 5.92 Å². The lowest BCUT2D eigenvalue weighted by atomic mass is 9.95. The smallest absolute Gasteiger partial charge is 0.223 e. The number of nitrogens with zero attached hydrogens (tertiary/aromatic N) is 1. The van der Waals surface area contributed by atoms with Crippen LogP contribution in [-0.2, 0) is 4.79 Å². The highest BCUT2D eigenvalue weighted by Gasteiger charge is 2.42. The van der Waals surface area contributed by atoms with Crippen molar-refractivity contribution in [3.63, 3.8) is 0 Å². The van der Waals surface area contributed by atoms with E-state index in [2.05, 4.69) is 4.90 Å². The van der Waals surface area contributed by atoms with Crippen LogP contribution in [0.15, 0.2) is 0 Å². The highest BCUT2D eigenvalue weighted by Crippen LogP contribution is 2.37. The second-order valence-electron chi connectivity index (χ2n) is 6.07. The summed E-state index contributed by atoms with van der Waals surface area (Å²) in [5.41, 5.74) is 0. The molecule has 0 aromatic rings. The van der Waals surface area contributed by atoms with Crippen molar-refractivity contribution in [2.45, 2.75) is 63.1 Å². The molecule has 0 aromatic carbocycles. The van der Waals surface area contributed by atoms with Gasteiger partial charge in [0, 0.05) is 18.5 Å². The maximum atomic E-state index is 12.5. The molecule has 3 rings (SSSR count). The second kappa shape index (κ2) is 5.41. The summed E-state index contributed by atoms with van der Waals surface area (Å²) in [5.74, 6) is 3.43. The Labute approximate surface area is 113 Å². The Hall–Kier alpha value is -0.220. The van der Waals surface area contributed by atoms with Crippen molar-refractivity contribution in [2.75, 3.05) is 11.5 Å². The van der Waals surface area contributed by atoms with Crippen molar-refractivity contribution >= 4 is 17.7 Å². The standard InChI is InChI=1S/C14H23NO2S/c16-13-8-11-1-2-12(9-13)15(11)14(17)7-10-3-5-18-6-4-10/h10-13,16H,1-9H2. The minimum absolute atomic E-state index is 0.169. The topological polar surface area (TPSA) is 40.5 Å². The van der Waals surface area contributed by atoms with E-state index in [1.165, 1.54) is 24.3 Å². The largest absolute Gasteiger partial charge is 0.393 e. The van der Waals surface area contributed by atoms with Gasteiger partial charge >= 0.3 is 0 Å². The van der Waals surface area contributed by atoms with Gasteiger partial charge in [-0.15, -0.1) is 0 Å². The number of piperidine rings is 1. The molecule has 3 fully saturated rings. The molecule has 3 nitrogen and oxygen atoms in total. The SMILES string of the molecule is O=C(CC1CCSCC1)N1C2CCC1CC(O)C2. The molecule has 0 radical (unpaired) electrons. The number of carbonyl (C=O) groups is 1. The fourth-order valence-corrected chi connectivity index (χ4v) is 5.06. The molecule has 4 heteroatoms. The number of amides is 1. The Morgan fingerprint density at radius 1 is 1.11 bits per heavy atom. The van der Waals surface area contributed by atoms with E-state index >= 15 is 0 Å². The van der Waals surface area contributed by atoms with Crippen molar-refractivity contribution in [3.05, 3.63) is 0 Å². The van der Waals surface area contributed by atoms with Gasteiger partial charge in [0.1, 0.15) is 0 Å². The van der Waals surface area contributed by atoms with Gasteiger partial charge in [0.2, 0.25) is 5.91 Å². The first-order chi connectivity index (χ1) is 8.74. The van der Waals surface area contributed by atoms with Crippen molar-refractivity contribution in [2.24, 2.45) is 5.92 Å². The number of hydrogen-bond acceptors (Lipinski definition) is 3. The predicted octanol–water partition coefficient (Wildman–Crippen LogP) is 2.03. The Morgan fingerprint density at radius 2 is 1.72 bits per heavy atom. The van der Waals surface area contributed by atoms with E-state index in [1.807, 2.05) is 11.8 Å². The maximum absolute atomic E-state index is 12.5. The second-order valence-corrected chi connectivity index (χ2v) is 7.30. The number of rotatable bonds is 2. The molecule has 0 spiro atoms. The van der Waals surface area contributed by atoms with E-state index in [1.54, 1.807) is 0 Å². The van der Waals surface area contributed by atoms with Gasteiger partial charge in [-0.25, -0.2) is 0 Å². The molecule has 3 aliphatic rings. The van der Waals surface area contributed by atoms with E-state index in [9.17, 15) is 9.90 Å². The molecule has 102 valence electrons. The summed E-state index contributed by atoms with van der Waals surface area (Å²) in [6, 6.07) is 0.674. The molecule has 18 heavy (non-hydrogen) atoms. The van der Waals surface area contributed by atoms with Crippen LogP contribution in [0.1, 0.15) is 44.9 Å². The highest BCUT2D eigenvalue weighted by molar-refractivity contribution is 7.99. The molecule has 2 atom stereocenters. The summed E-state index contributed by atoms with van der Waals surface area (Å²) >= 11 is 2.02. The molecular weight excluding hydrogens is 246 g/mol. The summed E-state index contributed by atoms with van der Waals surface area (Å²) in [7, 11) is 0. The monoisotopic (exact) mass is 269 g/mol. The van der Waals surface area contributed by atoms with E-state index in [-0.39, 0.29) is 6.10 Å². The lowest BCUT2D eigenvalue weighted by molar-refractivity contribution is -0.138. The molecule has 0 aliphatic carbocycles. The van der Waals surface area contributed by atoms with Crippen LogP contribution in [0.5, 0.6) is 0 Å². The van der Waals surface area contributed by atoms with Crippen LogP contribution < -0.4 is 0 Å². The van der Waals surface area contributed by atoms with Crippen molar-refractivity contribution in [1.82, 2.24) is 4.90 Å². The first-order valence-electron chi connectivity index (χ1n) is 7.31. The third-order valence-corrected chi connectivity index (χ3v) is 5.85. The average Bonchev–Trinajstić information content (AvgIpc) is 2.63. The fraction of sp³-hybridized carbons (Fsp3) is 0.929. The molecule has 3 aliphatic heterocycles. The van der Waals surface area contributed by atoms with Crippen LogP contribution in [0.2, 0.25) is 0 Å². The zero-order valence-electron chi connectivity index (χ0n) is 10.9. The molecule has 0 aromatic heterocycles. The van der Waals surface area contributed by atoms with Crippen molar-refractivity contribution in [1.29, 1.82) is 0 Å². The highest BCUT2D eigenvalue weighted by atomic mass is 32.2. The van der Waals surface area contributed by atoms with Gasteiger partial charge < -0.3 is 10.0 Å². The Morgan fingerprint density at radius 3 is 2.33 bits per heavy atom. The fourth-order valence-electron chi connectivity index (χ4n) is 3.86. The first-order valence-corrected chi connectivity index (χ1v) is 8.46. The summed E-state index contributed by atoms with van der Waals surface area (Å²) in [6.07, 6.45) is 6.83. The van der Waals surface area contributed by atoms with Crippen LogP contribution >= 0.6 is 11.8 Å². The van der Waals surface area contributed by atoms with Crippen LogP contribution in [0.4, 0.5) is 0 Å². The number of aliphatic hydroxyl groups is 1. The van der Waals surface area contributed by atoms with Crippen LogP contribution in [0.3, 0.4) is 0 Å². The molecule has 2 unspecified atom stereocenters. The number of hydrogen-bond donors (Lipinski definition) is 1. The minimum Gasteiger partial charge on any atom is -0.393 e. The molecule has 1 amide bonds. The van der Waals surface area contributed by atoms with Gasteiger partial charge in [-0.3, -0.25) is 4.79 Å². The van der Waals surface area contributed by atoms with Gasteiger partial charge in [-0.2, -0.15) is 11.8 Å². The quantitative estimate of drug-likeness (QED) is 0.834. The summed E-state index contributed by atoms with van der Waals surface area (Å²) < 4.78 is 0. The number of fused-ring (bicyclic) bond motifs is 2. The molecule has 0 saturated carbocycles. The number of thioether (sulfide) groups is 1. The van der Waals surface area contributed by atoms with E-state index in [0.717, 1.165) is 32.1 Å². The third kappa shape index (κ3) is 2.55. The molecule has 1 N–H and O–H groups in total. The maximum Gasteiger partial charge on any atom is 0.223 e. The Balaban J connectivity index is 1.59. The van der Waals surface area contributed by atoms with Gasteiger partial charge in [0.15, 0.2) is 0 Å². The minimum atomic E-state index is -0.169. The van der Waals surface area contributed by atoms with Crippen LogP contribution in [-0.4, -0.2) is 45.6 Å². The van der Waals surface area contributed by atoms with E-state index in [0.29, 0.717) is 23.9 Å². The summed E-state index contributed by atoms with van der Waals surface area (Å²) in [5, 5.41) is 9.77. The Kier molecular flexibility index (Phi) is 3.85. The average molecular weight is 269 g/mol. The third-order valence-electron chi connectivity index (χ3n) is 4.80. The molecular formula is C14H23NO2S. The zero-order valence-corrected chi connectivity index (χ0v) is 11.7. The van der Waals surface area contributed by atoms with Crippen molar-refractivity contribution in [3.8, 4) is 0 Å². The lowest BCUT2D eigenvalue weighted by Crippen LogP contribution is -2.48. The Bertz CT molecular complexity index is 303. The van der Waals surface area contributed by atoms with Crippen molar-refractivity contribution < 1.29 is 9.90 Å². The van der Waals surface area contributed by atoms with Crippen LogP contribution in [0.25, 0.3) is 0 Å². The molecule has 2 bridgehead atoms. The summed E-state index contributed by atoms with van der Waals surface area (Å²) in [6.45, 7) is 0.